The second kappa shape index (κ2) is 7.05. The van der Waals surface area contributed by atoms with Crippen molar-refractivity contribution in [3.8, 4) is 11.4 Å². The third-order valence-electron chi connectivity index (χ3n) is 5.30. The fourth-order valence-corrected chi connectivity index (χ4v) is 3.94. The molecule has 2 N–H and O–H groups in total. The quantitative estimate of drug-likeness (QED) is 0.556. The summed E-state index contributed by atoms with van der Waals surface area (Å²) in [6.07, 6.45) is 6.68. The van der Waals surface area contributed by atoms with Gasteiger partial charge in [-0.15, -0.1) is 10.2 Å². The maximum Gasteiger partial charge on any atom is 0.169 e. The van der Waals surface area contributed by atoms with Crippen LogP contribution in [0.3, 0.4) is 0 Å². The van der Waals surface area contributed by atoms with Gasteiger partial charge in [0, 0.05) is 30.6 Å². The van der Waals surface area contributed by atoms with Crippen molar-refractivity contribution in [1.29, 1.82) is 0 Å². The number of hydrogen-bond donors (Lipinski definition) is 2. The van der Waals surface area contributed by atoms with E-state index in [4.69, 9.17) is 0 Å². The van der Waals surface area contributed by atoms with Gasteiger partial charge in [0.25, 0.3) is 0 Å². The zero-order valence-electron chi connectivity index (χ0n) is 15.3. The summed E-state index contributed by atoms with van der Waals surface area (Å²) in [6, 6.07) is 13.7. The van der Waals surface area contributed by atoms with Crippen LogP contribution in [0.1, 0.15) is 12.8 Å². The van der Waals surface area contributed by atoms with E-state index in [0.717, 1.165) is 36.4 Å². The Morgan fingerprint density at radius 3 is 2.82 bits per heavy atom. The molecule has 0 bridgehead atoms. The van der Waals surface area contributed by atoms with Gasteiger partial charge in [-0.2, -0.15) is 5.10 Å². The van der Waals surface area contributed by atoms with Gasteiger partial charge in [0.05, 0.1) is 12.1 Å². The zero-order valence-corrected chi connectivity index (χ0v) is 15.3. The van der Waals surface area contributed by atoms with E-state index < -0.39 is 6.10 Å². The number of nitrogens with one attached hydrogen (secondary N) is 1. The van der Waals surface area contributed by atoms with Crippen LogP contribution in [-0.2, 0) is 6.54 Å². The maximum absolute atomic E-state index is 10.5. The first-order valence-electron chi connectivity index (χ1n) is 9.44. The Kier molecular flexibility index (Phi) is 4.25. The van der Waals surface area contributed by atoms with Gasteiger partial charge < -0.3 is 10.4 Å². The van der Waals surface area contributed by atoms with Crippen molar-refractivity contribution in [2.24, 2.45) is 5.92 Å². The number of anilines is 1. The Bertz CT molecular complexity index is 1060. The van der Waals surface area contributed by atoms with Crippen LogP contribution in [0.15, 0.2) is 61.2 Å². The van der Waals surface area contributed by atoms with E-state index in [1.54, 1.807) is 12.5 Å². The molecule has 1 fully saturated rings. The van der Waals surface area contributed by atoms with Gasteiger partial charge in [-0.3, -0.25) is 9.08 Å². The molecule has 1 unspecified atom stereocenters. The number of aromatic nitrogens is 6. The van der Waals surface area contributed by atoms with Crippen molar-refractivity contribution in [2.45, 2.75) is 31.5 Å². The number of hydrogen-bond acceptors (Lipinski definition) is 6. The number of fused-ring (bicyclic) bond motifs is 1. The fourth-order valence-electron chi connectivity index (χ4n) is 3.94. The fraction of sp³-hybridized carbons (Fsp3) is 0.300. The van der Waals surface area contributed by atoms with Gasteiger partial charge >= 0.3 is 0 Å². The smallest absolute Gasteiger partial charge is 0.169 e. The van der Waals surface area contributed by atoms with Crippen LogP contribution in [-0.4, -0.2) is 46.6 Å². The standard InChI is InChI=1S/C20H21N7O/c28-17-10-14(12-26-8-4-7-22-26)9-16(17)23-18-11-19-24-25-20(27(19)13-21-18)15-5-2-1-3-6-15/h1-8,11,13-14,16-17,23,28H,9-10,12H2/t14?,16-,17-/m1/s1. The first-order chi connectivity index (χ1) is 13.8. The summed E-state index contributed by atoms with van der Waals surface area (Å²) in [5, 5.41) is 26.7. The minimum Gasteiger partial charge on any atom is -0.391 e. The summed E-state index contributed by atoms with van der Waals surface area (Å²) >= 11 is 0. The number of nitrogens with zero attached hydrogens (tertiary/aromatic N) is 6. The van der Waals surface area contributed by atoms with E-state index >= 15 is 0 Å². The Hall–Kier alpha value is -3.26. The third kappa shape index (κ3) is 3.22. The van der Waals surface area contributed by atoms with Gasteiger partial charge in [-0.05, 0) is 24.8 Å². The third-order valence-corrected chi connectivity index (χ3v) is 5.30. The molecule has 1 aromatic carbocycles. The number of benzene rings is 1. The molecule has 5 rings (SSSR count). The van der Waals surface area contributed by atoms with Crippen molar-refractivity contribution in [3.63, 3.8) is 0 Å². The lowest BCUT2D eigenvalue weighted by atomic mass is 10.1. The highest BCUT2D eigenvalue weighted by Gasteiger charge is 2.33. The molecular formula is C20H21N7O. The largest absolute Gasteiger partial charge is 0.391 e. The number of aliphatic hydroxyl groups is 1. The van der Waals surface area contributed by atoms with Crippen LogP contribution < -0.4 is 5.32 Å². The molecule has 4 aromatic rings. The summed E-state index contributed by atoms with van der Waals surface area (Å²) in [6.45, 7) is 0.819. The molecule has 1 aliphatic carbocycles. The van der Waals surface area contributed by atoms with Crippen LogP contribution in [0, 0.1) is 5.92 Å². The number of aliphatic hydroxyl groups excluding tert-OH is 1. The maximum atomic E-state index is 10.5. The second-order valence-electron chi connectivity index (χ2n) is 7.28. The van der Waals surface area contributed by atoms with Crippen LogP contribution in [0.2, 0.25) is 0 Å². The first kappa shape index (κ1) is 16.9. The molecule has 1 aliphatic rings. The molecule has 142 valence electrons. The summed E-state index contributed by atoms with van der Waals surface area (Å²) < 4.78 is 3.79. The molecule has 8 nitrogen and oxygen atoms in total. The molecule has 0 radical (unpaired) electrons. The summed E-state index contributed by atoms with van der Waals surface area (Å²) in [4.78, 5) is 4.51. The first-order valence-corrected chi connectivity index (χ1v) is 9.44. The van der Waals surface area contributed by atoms with E-state index in [1.165, 1.54) is 0 Å². The molecule has 1 saturated carbocycles. The van der Waals surface area contributed by atoms with Crippen molar-refractivity contribution in [3.05, 3.63) is 61.2 Å². The number of rotatable bonds is 5. The van der Waals surface area contributed by atoms with E-state index in [2.05, 4.69) is 25.6 Å². The minimum atomic E-state index is -0.406. The lowest BCUT2D eigenvalue weighted by molar-refractivity contribution is 0.166. The van der Waals surface area contributed by atoms with Crippen LogP contribution in [0.25, 0.3) is 17.0 Å². The van der Waals surface area contributed by atoms with E-state index in [0.29, 0.717) is 11.7 Å². The lowest BCUT2D eigenvalue weighted by Crippen LogP contribution is -2.28. The van der Waals surface area contributed by atoms with Gasteiger partial charge in [-0.1, -0.05) is 30.3 Å². The monoisotopic (exact) mass is 375 g/mol. The highest BCUT2D eigenvalue weighted by molar-refractivity contribution is 5.61. The summed E-state index contributed by atoms with van der Waals surface area (Å²) in [7, 11) is 0. The average Bonchev–Trinajstić information content (AvgIpc) is 3.44. The normalized spacial score (nSPS) is 22.0. The summed E-state index contributed by atoms with van der Waals surface area (Å²) in [5.41, 5.74) is 1.71. The predicted molar refractivity (Wildman–Crippen MR) is 105 cm³/mol. The molecule has 0 spiro atoms. The average molecular weight is 375 g/mol. The molecular weight excluding hydrogens is 354 g/mol. The van der Waals surface area contributed by atoms with Gasteiger partial charge in [0.15, 0.2) is 11.5 Å². The Labute approximate surface area is 161 Å². The molecule has 3 heterocycles. The Balaban J connectivity index is 1.32. The topological polar surface area (TPSA) is 93.2 Å². The van der Waals surface area contributed by atoms with Crippen LogP contribution >= 0.6 is 0 Å². The predicted octanol–water partition coefficient (Wildman–Crippen LogP) is 2.24. The van der Waals surface area contributed by atoms with Crippen molar-refractivity contribution in [2.75, 3.05) is 5.32 Å². The Morgan fingerprint density at radius 1 is 1.11 bits per heavy atom. The van der Waals surface area contributed by atoms with Gasteiger partial charge in [0.1, 0.15) is 12.1 Å². The van der Waals surface area contributed by atoms with E-state index in [1.807, 2.05) is 57.7 Å². The molecule has 28 heavy (non-hydrogen) atoms. The van der Waals surface area contributed by atoms with Gasteiger partial charge in [0.2, 0.25) is 0 Å². The van der Waals surface area contributed by atoms with Gasteiger partial charge in [-0.25, -0.2) is 4.98 Å². The SMILES string of the molecule is O[C@@H]1CC(Cn2cccn2)C[C@H]1Nc1cc2nnc(-c3ccccc3)n2cn1. The van der Waals surface area contributed by atoms with Crippen LogP contribution in [0.5, 0.6) is 0 Å². The van der Waals surface area contributed by atoms with Crippen molar-refractivity contribution in [1.82, 2.24) is 29.4 Å². The minimum absolute atomic E-state index is 0.0352. The van der Waals surface area contributed by atoms with E-state index in [-0.39, 0.29) is 6.04 Å². The molecule has 0 aliphatic heterocycles. The highest BCUT2D eigenvalue weighted by atomic mass is 16.3. The van der Waals surface area contributed by atoms with E-state index in [9.17, 15) is 5.11 Å². The van der Waals surface area contributed by atoms with Crippen molar-refractivity contribution < 1.29 is 5.11 Å². The van der Waals surface area contributed by atoms with Crippen molar-refractivity contribution >= 4 is 11.5 Å². The molecule has 8 heteroatoms. The molecule has 3 aromatic heterocycles. The lowest BCUT2D eigenvalue weighted by Gasteiger charge is -2.17. The molecule has 3 atom stereocenters. The Morgan fingerprint density at radius 2 is 2.00 bits per heavy atom. The zero-order chi connectivity index (χ0) is 18.9. The second-order valence-corrected chi connectivity index (χ2v) is 7.28. The molecule has 0 amide bonds. The molecule has 0 saturated heterocycles. The van der Waals surface area contributed by atoms with Crippen LogP contribution in [0.4, 0.5) is 5.82 Å². The highest BCUT2D eigenvalue weighted by Crippen LogP contribution is 2.29. The summed E-state index contributed by atoms with van der Waals surface area (Å²) in [5.74, 6) is 1.84.